The molecule has 0 aliphatic heterocycles. The fraction of sp³-hybridized carbons (Fsp3) is 0.412. The van der Waals surface area contributed by atoms with Crippen LogP contribution in [0.2, 0.25) is 0 Å². The second-order valence-electron chi connectivity index (χ2n) is 5.10. The van der Waals surface area contributed by atoms with E-state index < -0.39 is 0 Å². The van der Waals surface area contributed by atoms with Gasteiger partial charge in [-0.3, -0.25) is 0 Å². The first-order valence-electron chi connectivity index (χ1n) is 7.40. The molecular weight excluding hydrogens is 262 g/mol. The molecule has 1 heterocycles. The number of anilines is 1. The van der Waals surface area contributed by atoms with Gasteiger partial charge in [-0.1, -0.05) is 17.2 Å². The summed E-state index contributed by atoms with van der Waals surface area (Å²) in [7, 11) is 0. The van der Waals surface area contributed by atoms with Crippen LogP contribution in [0.4, 0.5) is 5.82 Å². The Bertz CT molecular complexity index is 591. The van der Waals surface area contributed by atoms with Gasteiger partial charge in [-0.05, 0) is 39.8 Å². The van der Waals surface area contributed by atoms with Gasteiger partial charge in [0, 0.05) is 24.8 Å². The Kier molecular flexibility index (Phi) is 5.28. The molecular formula is C17H23N3O. The molecule has 0 saturated heterocycles. The van der Waals surface area contributed by atoms with E-state index in [0.717, 1.165) is 23.6 Å². The van der Waals surface area contributed by atoms with Crippen molar-refractivity contribution in [1.82, 2.24) is 9.97 Å². The van der Waals surface area contributed by atoms with E-state index >= 15 is 0 Å². The molecule has 0 aliphatic carbocycles. The van der Waals surface area contributed by atoms with E-state index in [1.165, 1.54) is 11.1 Å². The summed E-state index contributed by atoms with van der Waals surface area (Å²) < 4.78 is 5.44. The fourth-order valence-corrected chi connectivity index (χ4v) is 2.30. The molecule has 0 unspecified atom stereocenters. The normalized spacial score (nSPS) is 10.7. The third kappa shape index (κ3) is 4.26. The minimum absolute atomic E-state index is 0.438. The third-order valence-electron chi connectivity index (χ3n) is 3.08. The third-order valence-corrected chi connectivity index (χ3v) is 3.08. The van der Waals surface area contributed by atoms with Crippen LogP contribution in [0, 0.1) is 13.8 Å². The van der Waals surface area contributed by atoms with Gasteiger partial charge in [-0.15, -0.1) is 0 Å². The minimum atomic E-state index is 0.438. The van der Waals surface area contributed by atoms with Crippen molar-refractivity contribution in [1.29, 1.82) is 0 Å². The van der Waals surface area contributed by atoms with E-state index in [1.54, 1.807) is 0 Å². The van der Waals surface area contributed by atoms with Crippen LogP contribution in [0.15, 0.2) is 24.3 Å². The molecule has 0 aliphatic rings. The predicted molar refractivity (Wildman–Crippen MR) is 86.4 cm³/mol. The van der Waals surface area contributed by atoms with E-state index in [1.807, 2.05) is 13.0 Å². The number of ether oxygens (including phenoxy) is 1. The highest BCUT2D eigenvalue weighted by molar-refractivity contribution is 5.64. The van der Waals surface area contributed by atoms with Crippen molar-refractivity contribution in [2.75, 3.05) is 18.5 Å². The lowest BCUT2D eigenvalue weighted by atomic mass is 10.0. The molecule has 4 heteroatoms. The average Bonchev–Trinajstić information content (AvgIpc) is 2.44. The Hall–Kier alpha value is -1.94. The Morgan fingerprint density at radius 3 is 2.33 bits per heavy atom. The summed E-state index contributed by atoms with van der Waals surface area (Å²) in [6.45, 7) is 10.2. The molecule has 0 atom stereocenters. The number of aryl methyl sites for hydroxylation is 2. The molecule has 1 aromatic carbocycles. The number of hydrogen-bond donors (Lipinski definition) is 1. The summed E-state index contributed by atoms with van der Waals surface area (Å²) in [5, 5.41) is 3.26. The molecule has 4 nitrogen and oxygen atoms in total. The van der Waals surface area contributed by atoms with Crippen LogP contribution in [0.3, 0.4) is 0 Å². The van der Waals surface area contributed by atoms with E-state index in [9.17, 15) is 0 Å². The van der Waals surface area contributed by atoms with Gasteiger partial charge in [-0.2, -0.15) is 0 Å². The van der Waals surface area contributed by atoms with Crippen molar-refractivity contribution < 1.29 is 4.74 Å². The van der Waals surface area contributed by atoms with Crippen molar-refractivity contribution in [3.05, 3.63) is 41.2 Å². The second-order valence-corrected chi connectivity index (χ2v) is 5.10. The van der Waals surface area contributed by atoms with E-state index in [0.29, 0.717) is 19.0 Å². The van der Waals surface area contributed by atoms with Gasteiger partial charge in [0.05, 0.1) is 5.69 Å². The van der Waals surface area contributed by atoms with Gasteiger partial charge in [0.2, 0.25) is 0 Å². The predicted octanol–water partition coefficient (Wildman–Crippen LogP) is 3.73. The van der Waals surface area contributed by atoms with Crippen LogP contribution in [-0.2, 0) is 11.3 Å². The Balaban J connectivity index is 2.42. The van der Waals surface area contributed by atoms with Crippen molar-refractivity contribution in [2.24, 2.45) is 0 Å². The zero-order valence-corrected chi connectivity index (χ0v) is 13.2. The van der Waals surface area contributed by atoms with Gasteiger partial charge < -0.3 is 10.1 Å². The standard InChI is InChI=1S/C17H23N3O/c1-5-18-16-10-15(19-17(20-16)11-21-6-2)14-8-12(3)7-13(4)9-14/h7-10H,5-6,11H2,1-4H3,(H,18,19,20). The number of hydrogen-bond acceptors (Lipinski definition) is 4. The second kappa shape index (κ2) is 7.18. The number of benzene rings is 1. The van der Waals surface area contributed by atoms with Gasteiger partial charge in [0.15, 0.2) is 5.82 Å². The van der Waals surface area contributed by atoms with Gasteiger partial charge in [0.25, 0.3) is 0 Å². The van der Waals surface area contributed by atoms with Gasteiger partial charge in [-0.25, -0.2) is 9.97 Å². The van der Waals surface area contributed by atoms with E-state index in [2.05, 4.69) is 54.3 Å². The smallest absolute Gasteiger partial charge is 0.157 e. The molecule has 1 N–H and O–H groups in total. The van der Waals surface area contributed by atoms with Crippen LogP contribution in [0.5, 0.6) is 0 Å². The quantitative estimate of drug-likeness (QED) is 0.878. The highest BCUT2D eigenvalue weighted by Gasteiger charge is 2.07. The number of nitrogens with zero attached hydrogens (tertiary/aromatic N) is 2. The number of nitrogens with one attached hydrogen (secondary N) is 1. The maximum atomic E-state index is 5.44. The first-order chi connectivity index (χ1) is 10.1. The van der Waals surface area contributed by atoms with E-state index in [-0.39, 0.29) is 0 Å². The first kappa shape index (κ1) is 15.4. The molecule has 2 rings (SSSR count). The van der Waals surface area contributed by atoms with Gasteiger partial charge >= 0.3 is 0 Å². The Labute approximate surface area is 126 Å². The lowest BCUT2D eigenvalue weighted by molar-refractivity contribution is 0.128. The highest BCUT2D eigenvalue weighted by atomic mass is 16.5. The zero-order chi connectivity index (χ0) is 15.2. The largest absolute Gasteiger partial charge is 0.374 e. The summed E-state index contributed by atoms with van der Waals surface area (Å²) in [4.78, 5) is 9.11. The molecule has 0 bridgehead atoms. The summed E-state index contributed by atoms with van der Waals surface area (Å²) in [6, 6.07) is 8.45. The molecule has 0 saturated carbocycles. The fourth-order valence-electron chi connectivity index (χ4n) is 2.30. The van der Waals surface area contributed by atoms with Crippen LogP contribution < -0.4 is 5.32 Å². The van der Waals surface area contributed by atoms with Crippen molar-refractivity contribution in [3.8, 4) is 11.3 Å². The molecule has 0 fully saturated rings. The first-order valence-corrected chi connectivity index (χ1v) is 7.40. The molecule has 0 radical (unpaired) electrons. The topological polar surface area (TPSA) is 47.0 Å². The summed E-state index contributed by atoms with van der Waals surface area (Å²) in [5.41, 5.74) is 4.52. The minimum Gasteiger partial charge on any atom is -0.374 e. The maximum Gasteiger partial charge on any atom is 0.157 e. The molecule has 2 aromatic rings. The summed E-state index contributed by atoms with van der Waals surface area (Å²) in [6.07, 6.45) is 0. The number of rotatable bonds is 6. The van der Waals surface area contributed by atoms with Gasteiger partial charge in [0.1, 0.15) is 12.4 Å². The van der Waals surface area contributed by atoms with E-state index in [4.69, 9.17) is 4.74 Å². The SMILES string of the molecule is CCNc1cc(-c2cc(C)cc(C)c2)nc(COCC)n1. The van der Waals surface area contributed by atoms with Crippen LogP contribution in [0.25, 0.3) is 11.3 Å². The highest BCUT2D eigenvalue weighted by Crippen LogP contribution is 2.23. The molecule has 0 amide bonds. The van der Waals surface area contributed by atoms with Crippen LogP contribution in [-0.4, -0.2) is 23.1 Å². The lowest BCUT2D eigenvalue weighted by Crippen LogP contribution is -2.06. The Morgan fingerprint density at radius 2 is 1.71 bits per heavy atom. The van der Waals surface area contributed by atoms with Crippen molar-refractivity contribution in [2.45, 2.75) is 34.3 Å². The lowest BCUT2D eigenvalue weighted by Gasteiger charge is -2.10. The zero-order valence-electron chi connectivity index (χ0n) is 13.2. The van der Waals surface area contributed by atoms with Crippen LogP contribution in [0.1, 0.15) is 30.8 Å². The van der Waals surface area contributed by atoms with Crippen molar-refractivity contribution >= 4 is 5.82 Å². The van der Waals surface area contributed by atoms with Crippen LogP contribution >= 0.6 is 0 Å². The molecule has 0 spiro atoms. The molecule has 1 aromatic heterocycles. The average molecular weight is 285 g/mol. The Morgan fingerprint density at radius 1 is 1.00 bits per heavy atom. The number of aromatic nitrogens is 2. The summed E-state index contributed by atoms with van der Waals surface area (Å²) >= 11 is 0. The molecule has 21 heavy (non-hydrogen) atoms. The maximum absolute atomic E-state index is 5.44. The molecule has 112 valence electrons. The van der Waals surface area contributed by atoms with Crippen molar-refractivity contribution in [3.63, 3.8) is 0 Å². The monoisotopic (exact) mass is 285 g/mol. The summed E-state index contributed by atoms with van der Waals surface area (Å²) in [5.74, 6) is 1.56.